The molecule has 1 amide bonds. The highest BCUT2D eigenvalue weighted by molar-refractivity contribution is 5.94. The molecule has 190 valence electrons. The number of aromatic nitrogens is 3. The number of anilines is 2. The number of carbonyl (C=O) groups is 1. The zero-order chi connectivity index (χ0) is 25.0. The Morgan fingerprint density at radius 3 is 2.36 bits per heavy atom. The molecule has 4 aliphatic rings. The molecule has 2 aromatic heterocycles. The number of hydrogen-bond donors (Lipinski definition) is 2. The summed E-state index contributed by atoms with van der Waals surface area (Å²) in [6.45, 7) is 4.07. The van der Waals surface area contributed by atoms with Crippen LogP contribution in [-0.4, -0.2) is 33.3 Å². The van der Waals surface area contributed by atoms with Crippen LogP contribution in [-0.2, 0) is 18.3 Å². The minimum Gasteiger partial charge on any atom is -0.479 e. The summed E-state index contributed by atoms with van der Waals surface area (Å²) < 4.78 is 7.23. The van der Waals surface area contributed by atoms with E-state index in [1.807, 2.05) is 26.1 Å². The smallest absolute Gasteiger partial charge is 0.242 e. The molecular weight excluding hydrogens is 450 g/mol. The van der Waals surface area contributed by atoms with Gasteiger partial charge in [-0.25, -0.2) is 9.67 Å². The first-order valence-corrected chi connectivity index (χ1v) is 13.4. The number of hydrogen-bond acceptors (Lipinski definition) is 5. The van der Waals surface area contributed by atoms with E-state index in [4.69, 9.17) is 9.72 Å². The molecule has 3 aromatic rings. The van der Waals surface area contributed by atoms with Gasteiger partial charge in [0.25, 0.3) is 0 Å². The van der Waals surface area contributed by atoms with Gasteiger partial charge in [0.2, 0.25) is 11.8 Å². The second-order valence-corrected chi connectivity index (χ2v) is 11.5. The lowest BCUT2D eigenvalue weighted by atomic mass is 9.53. The largest absolute Gasteiger partial charge is 0.479 e. The minimum atomic E-state index is 0.0202. The topological polar surface area (TPSA) is 81.1 Å². The van der Waals surface area contributed by atoms with Crippen LogP contribution in [0.25, 0.3) is 11.0 Å². The predicted octanol–water partition coefficient (Wildman–Crippen LogP) is 5.55. The zero-order valence-corrected chi connectivity index (χ0v) is 21.9. The van der Waals surface area contributed by atoms with E-state index in [-0.39, 0.29) is 11.4 Å². The first-order valence-electron chi connectivity index (χ1n) is 13.4. The fourth-order valence-electron chi connectivity index (χ4n) is 7.81. The number of benzene rings is 1. The number of para-hydroxylation sites is 2. The third-order valence-corrected chi connectivity index (χ3v) is 8.96. The van der Waals surface area contributed by atoms with Crippen molar-refractivity contribution in [1.29, 1.82) is 0 Å². The monoisotopic (exact) mass is 487 g/mol. The molecule has 4 aliphatic carbocycles. The first kappa shape index (κ1) is 23.3. The van der Waals surface area contributed by atoms with E-state index < -0.39 is 0 Å². The summed E-state index contributed by atoms with van der Waals surface area (Å²) in [5, 5.41) is 12.5. The van der Waals surface area contributed by atoms with Gasteiger partial charge in [0.05, 0.1) is 23.9 Å². The van der Waals surface area contributed by atoms with Gasteiger partial charge in [0.15, 0.2) is 5.65 Å². The van der Waals surface area contributed by atoms with Crippen LogP contribution in [0.15, 0.2) is 24.3 Å². The summed E-state index contributed by atoms with van der Waals surface area (Å²) in [4.78, 5) is 17.9. The van der Waals surface area contributed by atoms with Gasteiger partial charge in [-0.3, -0.25) is 4.79 Å². The zero-order valence-electron chi connectivity index (χ0n) is 21.9. The fraction of sp³-hybridized carbons (Fsp3) is 0.552. The molecule has 7 rings (SSSR count). The van der Waals surface area contributed by atoms with Crippen molar-refractivity contribution in [3.63, 3.8) is 0 Å². The van der Waals surface area contributed by atoms with Gasteiger partial charge in [-0.05, 0) is 99.8 Å². The normalized spacial score (nSPS) is 26.4. The molecule has 0 aliphatic heterocycles. The van der Waals surface area contributed by atoms with Crippen LogP contribution < -0.4 is 15.4 Å². The number of nitrogens with zero attached hydrogens (tertiary/aromatic N) is 3. The van der Waals surface area contributed by atoms with E-state index in [1.54, 1.807) is 11.8 Å². The average Bonchev–Trinajstić information content (AvgIpc) is 3.14. The summed E-state index contributed by atoms with van der Waals surface area (Å²) in [5.41, 5.74) is 6.05. The lowest BCUT2D eigenvalue weighted by Crippen LogP contribution is -2.54. The van der Waals surface area contributed by atoms with Crippen LogP contribution in [0.2, 0.25) is 0 Å². The van der Waals surface area contributed by atoms with Crippen molar-refractivity contribution in [1.82, 2.24) is 14.8 Å². The van der Waals surface area contributed by atoms with Gasteiger partial charge in [-0.15, -0.1) is 5.10 Å². The molecule has 4 bridgehead atoms. The van der Waals surface area contributed by atoms with Crippen LogP contribution >= 0.6 is 0 Å². The Hall–Kier alpha value is -3.09. The Morgan fingerprint density at radius 2 is 1.72 bits per heavy atom. The van der Waals surface area contributed by atoms with Gasteiger partial charge in [-0.2, -0.15) is 0 Å². The van der Waals surface area contributed by atoms with E-state index in [1.165, 1.54) is 38.5 Å². The number of ether oxygens (including phenoxy) is 1. The van der Waals surface area contributed by atoms with Crippen molar-refractivity contribution in [3.8, 4) is 5.88 Å². The maximum atomic E-state index is 13.1. The lowest BCUT2D eigenvalue weighted by Gasteiger charge is -2.57. The molecule has 2 heterocycles. The number of rotatable bonds is 7. The van der Waals surface area contributed by atoms with Crippen molar-refractivity contribution in [2.45, 2.75) is 70.8 Å². The summed E-state index contributed by atoms with van der Waals surface area (Å²) in [7, 11) is 3.50. The highest BCUT2D eigenvalue weighted by Gasteiger charge is 2.51. The molecule has 4 saturated carbocycles. The fourth-order valence-corrected chi connectivity index (χ4v) is 7.81. The highest BCUT2D eigenvalue weighted by Crippen LogP contribution is 2.56. The van der Waals surface area contributed by atoms with Gasteiger partial charge in [0, 0.05) is 24.7 Å². The molecule has 7 nitrogen and oxygen atoms in total. The van der Waals surface area contributed by atoms with Crippen LogP contribution in [0.3, 0.4) is 0 Å². The van der Waals surface area contributed by atoms with Crippen molar-refractivity contribution < 1.29 is 9.53 Å². The molecule has 0 saturated heterocycles. The summed E-state index contributed by atoms with van der Waals surface area (Å²) in [6, 6.07) is 8.20. The Labute approximate surface area is 213 Å². The Balaban J connectivity index is 1.17. The summed E-state index contributed by atoms with van der Waals surface area (Å²) in [5.74, 6) is 3.23. The number of carbonyl (C=O) groups excluding carboxylic acids is 1. The Morgan fingerprint density at radius 1 is 1.08 bits per heavy atom. The second-order valence-electron chi connectivity index (χ2n) is 11.5. The van der Waals surface area contributed by atoms with Crippen molar-refractivity contribution in [3.05, 3.63) is 41.1 Å². The van der Waals surface area contributed by atoms with E-state index in [9.17, 15) is 4.79 Å². The van der Waals surface area contributed by atoms with Crippen molar-refractivity contribution in [2.24, 2.45) is 24.8 Å². The minimum absolute atomic E-state index is 0.0202. The molecule has 0 radical (unpaired) electrons. The molecular formula is C29H37N5O2. The molecule has 2 N–H and O–H groups in total. The summed E-state index contributed by atoms with van der Waals surface area (Å²) in [6.07, 6.45) is 9.09. The van der Waals surface area contributed by atoms with E-state index in [0.717, 1.165) is 57.0 Å². The van der Waals surface area contributed by atoms with E-state index >= 15 is 0 Å². The van der Waals surface area contributed by atoms with E-state index in [0.29, 0.717) is 18.7 Å². The third kappa shape index (κ3) is 4.02. The van der Waals surface area contributed by atoms with Gasteiger partial charge < -0.3 is 15.4 Å². The molecule has 36 heavy (non-hydrogen) atoms. The number of amides is 1. The quantitative estimate of drug-likeness (QED) is 0.457. The molecule has 0 spiro atoms. The Kier molecular flexibility index (Phi) is 5.69. The maximum absolute atomic E-state index is 13.1. The SMILES string of the molecule is COc1nn(C)c2nc(C)c(CCC(=O)Nc3ccccc3NC34CC5CC(CC(C5)C3)C4)c(C)c12. The van der Waals surface area contributed by atoms with Gasteiger partial charge in [-0.1, -0.05) is 12.1 Å². The number of methoxy groups -OCH3 is 1. The maximum Gasteiger partial charge on any atom is 0.242 e. The van der Waals surface area contributed by atoms with Crippen LogP contribution in [0.1, 0.15) is 61.8 Å². The number of pyridine rings is 1. The standard InChI is InChI=1S/C29H37N5O2/c1-17-22(18(2)30-27-26(17)28(36-4)33-34(27)3)9-10-25(35)31-23-7-5-6-8-24(23)32-29-14-19-11-20(15-29)13-21(12-19)16-29/h5-8,19-21,32H,9-16H2,1-4H3,(H,31,35). The summed E-state index contributed by atoms with van der Waals surface area (Å²) >= 11 is 0. The average molecular weight is 488 g/mol. The van der Waals surface area contributed by atoms with Crippen molar-refractivity contribution >= 4 is 28.3 Å². The van der Waals surface area contributed by atoms with Crippen LogP contribution in [0.5, 0.6) is 5.88 Å². The lowest BCUT2D eigenvalue weighted by molar-refractivity contribution is -0.116. The van der Waals surface area contributed by atoms with Crippen LogP contribution in [0.4, 0.5) is 11.4 Å². The molecule has 1 aromatic carbocycles. The molecule has 0 atom stereocenters. The van der Waals surface area contributed by atoms with Gasteiger partial charge >= 0.3 is 0 Å². The molecule has 4 fully saturated rings. The number of aryl methyl sites for hydroxylation is 3. The van der Waals surface area contributed by atoms with Gasteiger partial charge in [0.1, 0.15) is 0 Å². The molecule has 0 unspecified atom stereocenters. The van der Waals surface area contributed by atoms with E-state index in [2.05, 4.69) is 34.8 Å². The first-order chi connectivity index (χ1) is 17.3. The third-order valence-electron chi connectivity index (χ3n) is 8.96. The van der Waals surface area contributed by atoms with Crippen LogP contribution in [0, 0.1) is 31.6 Å². The number of fused-ring (bicyclic) bond motifs is 1. The molecule has 7 heteroatoms. The Bertz CT molecular complexity index is 1290. The number of nitrogens with one attached hydrogen (secondary N) is 2. The second kappa shape index (κ2) is 8.79. The predicted molar refractivity (Wildman–Crippen MR) is 142 cm³/mol. The van der Waals surface area contributed by atoms with Crippen molar-refractivity contribution in [2.75, 3.05) is 17.7 Å². The highest BCUT2D eigenvalue weighted by atomic mass is 16.5.